The van der Waals surface area contributed by atoms with Crippen LogP contribution in [0, 0.1) is 23.2 Å². The van der Waals surface area contributed by atoms with Crippen molar-refractivity contribution in [2.45, 2.75) is 45.4 Å². The molecule has 118 valence electrons. The van der Waals surface area contributed by atoms with Gasteiger partial charge in [0.25, 0.3) is 0 Å². The monoisotopic (exact) mass is 293 g/mol. The molecule has 5 nitrogen and oxygen atoms in total. The molecule has 5 heteroatoms. The Labute approximate surface area is 126 Å². The highest BCUT2D eigenvalue weighted by Crippen LogP contribution is 2.59. The van der Waals surface area contributed by atoms with Crippen LogP contribution in [0.4, 0.5) is 4.79 Å². The van der Waals surface area contributed by atoms with Crippen LogP contribution in [0.3, 0.4) is 0 Å². The summed E-state index contributed by atoms with van der Waals surface area (Å²) in [7, 11) is 0. The highest BCUT2D eigenvalue weighted by molar-refractivity contribution is 5.93. The average molecular weight is 293 g/mol. The lowest BCUT2D eigenvalue weighted by Gasteiger charge is -2.56. The van der Waals surface area contributed by atoms with Crippen LogP contribution >= 0.6 is 0 Å². The maximum absolute atomic E-state index is 12.2. The number of hydrogen-bond donors (Lipinski definition) is 2. The van der Waals surface area contributed by atoms with Gasteiger partial charge in [0.2, 0.25) is 5.91 Å². The van der Waals surface area contributed by atoms with Crippen LogP contribution in [0.1, 0.15) is 45.4 Å². The fourth-order valence-corrected chi connectivity index (χ4v) is 5.40. The molecule has 0 aliphatic heterocycles. The van der Waals surface area contributed by atoms with Crippen LogP contribution < -0.4 is 11.1 Å². The Morgan fingerprint density at radius 1 is 1.14 bits per heavy atom. The SMILES string of the molecule is CC(=O)N(CCN)C(=O)NCC12CC3CC(CC(C3)C1)C2. The summed E-state index contributed by atoms with van der Waals surface area (Å²) in [6, 6.07) is -0.274. The number of nitrogens with one attached hydrogen (secondary N) is 1. The Kier molecular flexibility index (Phi) is 3.95. The Balaban J connectivity index is 1.59. The molecule has 0 heterocycles. The molecule has 3 N–H and O–H groups in total. The molecule has 4 aliphatic rings. The van der Waals surface area contributed by atoms with E-state index >= 15 is 0 Å². The predicted molar refractivity (Wildman–Crippen MR) is 80.4 cm³/mol. The zero-order valence-electron chi connectivity index (χ0n) is 12.9. The van der Waals surface area contributed by atoms with E-state index in [9.17, 15) is 9.59 Å². The molecule has 0 aromatic rings. The molecule has 0 aromatic carbocycles. The summed E-state index contributed by atoms with van der Waals surface area (Å²) in [6.07, 6.45) is 7.99. The second kappa shape index (κ2) is 5.59. The second-order valence-corrected chi connectivity index (χ2v) is 7.54. The van der Waals surface area contributed by atoms with Crippen molar-refractivity contribution in [3.63, 3.8) is 0 Å². The number of carbonyl (C=O) groups is 2. The second-order valence-electron chi connectivity index (χ2n) is 7.54. The number of nitrogens with two attached hydrogens (primary N) is 1. The fraction of sp³-hybridized carbons (Fsp3) is 0.875. The quantitative estimate of drug-likeness (QED) is 0.828. The molecule has 21 heavy (non-hydrogen) atoms. The first-order valence-corrected chi connectivity index (χ1v) is 8.27. The first-order chi connectivity index (χ1) is 10.0. The summed E-state index contributed by atoms with van der Waals surface area (Å²) in [5, 5.41) is 3.02. The van der Waals surface area contributed by atoms with Gasteiger partial charge in [-0.25, -0.2) is 4.79 Å². The van der Waals surface area contributed by atoms with Gasteiger partial charge in [-0.3, -0.25) is 9.69 Å². The zero-order valence-corrected chi connectivity index (χ0v) is 12.9. The molecule has 4 saturated carbocycles. The van der Waals surface area contributed by atoms with Gasteiger partial charge in [-0.05, 0) is 61.7 Å². The molecule has 4 fully saturated rings. The number of carbonyl (C=O) groups excluding carboxylic acids is 2. The van der Waals surface area contributed by atoms with Gasteiger partial charge in [-0.1, -0.05) is 0 Å². The Morgan fingerprint density at radius 2 is 1.67 bits per heavy atom. The van der Waals surface area contributed by atoms with Crippen LogP contribution in [0.2, 0.25) is 0 Å². The molecule has 0 atom stereocenters. The molecule has 0 radical (unpaired) electrons. The molecule has 0 spiro atoms. The number of hydrogen-bond acceptors (Lipinski definition) is 3. The number of urea groups is 1. The smallest absolute Gasteiger partial charge is 0.324 e. The molecule has 4 aliphatic carbocycles. The van der Waals surface area contributed by atoms with Crippen molar-refractivity contribution in [1.82, 2.24) is 10.2 Å². The molecule has 3 amide bonds. The van der Waals surface area contributed by atoms with Gasteiger partial charge in [0, 0.05) is 26.6 Å². The minimum absolute atomic E-state index is 0.233. The van der Waals surface area contributed by atoms with Crippen molar-refractivity contribution in [3.8, 4) is 0 Å². The van der Waals surface area contributed by atoms with Crippen LogP contribution in [0.15, 0.2) is 0 Å². The maximum Gasteiger partial charge on any atom is 0.324 e. The number of nitrogens with zero attached hydrogens (tertiary/aromatic N) is 1. The van der Waals surface area contributed by atoms with Crippen molar-refractivity contribution >= 4 is 11.9 Å². The lowest BCUT2D eigenvalue weighted by Crippen LogP contribution is -2.53. The normalized spacial score (nSPS) is 36.6. The molecule has 0 saturated heterocycles. The van der Waals surface area contributed by atoms with E-state index in [1.54, 1.807) is 0 Å². The van der Waals surface area contributed by atoms with Crippen molar-refractivity contribution < 1.29 is 9.59 Å². The van der Waals surface area contributed by atoms with E-state index in [0.717, 1.165) is 24.3 Å². The fourth-order valence-electron chi connectivity index (χ4n) is 5.40. The van der Waals surface area contributed by atoms with Gasteiger partial charge in [0.15, 0.2) is 0 Å². The largest absolute Gasteiger partial charge is 0.337 e. The van der Waals surface area contributed by atoms with Crippen LogP contribution in [-0.2, 0) is 4.79 Å². The molecular formula is C16H27N3O2. The third-order valence-electron chi connectivity index (χ3n) is 5.76. The molecular weight excluding hydrogens is 266 g/mol. The topological polar surface area (TPSA) is 75.4 Å². The van der Waals surface area contributed by atoms with Crippen molar-refractivity contribution in [1.29, 1.82) is 0 Å². The van der Waals surface area contributed by atoms with Gasteiger partial charge < -0.3 is 11.1 Å². The first-order valence-electron chi connectivity index (χ1n) is 8.27. The highest BCUT2D eigenvalue weighted by Gasteiger charge is 2.50. The minimum atomic E-state index is -0.274. The number of rotatable bonds is 4. The van der Waals surface area contributed by atoms with Crippen molar-refractivity contribution in [3.05, 3.63) is 0 Å². The van der Waals surface area contributed by atoms with Gasteiger partial charge in [-0.2, -0.15) is 0 Å². The summed E-state index contributed by atoms with van der Waals surface area (Å²) < 4.78 is 0. The van der Waals surface area contributed by atoms with E-state index in [4.69, 9.17) is 5.73 Å². The van der Waals surface area contributed by atoms with Crippen molar-refractivity contribution in [2.24, 2.45) is 28.9 Å². The lowest BCUT2D eigenvalue weighted by atomic mass is 9.49. The van der Waals surface area contributed by atoms with E-state index < -0.39 is 0 Å². The molecule has 4 rings (SSSR count). The zero-order chi connectivity index (χ0) is 15.0. The van der Waals surface area contributed by atoms with Crippen LogP contribution in [0.25, 0.3) is 0 Å². The Morgan fingerprint density at radius 3 is 2.10 bits per heavy atom. The van der Waals surface area contributed by atoms with E-state index in [2.05, 4.69) is 5.32 Å². The van der Waals surface area contributed by atoms with E-state index in [1.807, 2.05) is 0 Å². The lowest BCUT2D eigenvalue weighted by molar-refractivity contribution is -0.126. The average Bonchev–Trinajstić information content (AvgIpc) is 2.40. The minimum Gasteiger partial charge on any atom is -0.337 e. The first kappa shape index (κ1) is 14.8. The summed E-state index contributed by atoms with van der Waals surface area (Å²) in [5.41, 5.74) is 5.77. The summed E-state index contributed by atoms with van der Waals surface area (Å²) in [4.78, 5) is 24.9. The van der Waals surface area contributed by atoms with Crippen molar-refractivity contribution in [2.75, 3.05) is 19.6 Å². The number of amides is 3. The highest BCUT2D eigenvalue weighted by atomic mass is 16.2. The van der Waals surface area contributed by atoms with Gasteiger partial charge >= 0.3 is 6.03 Å². The van der Waals surface area contributed by atoms with Gasteiger partial charge in [0.1, 0.15) is 0 Å². The Bertz CT molecular complexity index is 400. The molecule has 0 unspecified atom stereocenters. The van der Waals surface area contributed by atoms with Crippen LogP contribution in [0.5, 0.6) is 0 Å². The standard InChI is InChI=1S/C16H27N3O2/c1-11(20)19(3-2-17)15(21)18-10-16-7-12-4-13(8-16)6-14(5-12)9-16/h12-14H,2-10,17H2,1H3,(H,18,21). The Hall–Kier alpha value is -1.10. The summed E-state index contributed by atoms with van der Waals surface area (Å²) >= 11 is 0. The van der Waals surface area contributed by atoms with E-state index in [1.165, 1.54) is 50.3 Å². The maximum atomic E-state index is 12.2. The third-order valence-corrected chi connectivity index (χ3v) is 5.76. The summed E-state index contributed by atoms with van der Waals surface area (Å²) in [6.45, 7) is 2.75. The predicted octanol–water partition coefficient (Wildman–Crippen LogP) is 1.72. The van der Waals surface area contributed by atoms with Gasteiger partial charge in [-0.15, -0.1) is 0 Å². The number of imide groups is 1. The van der Waals surface area contributed by atoms with E-state index in [0.29, 0.717) is 18.5 Å². The molecule has 4 bridgehead atoms. The van der Waals surface area contributed by atoms with Gasteiger partial charge in [0.05, 0.1) is 0 Å². The third kappa shape index (κ3) is 2.93. The molecule has 0 aromatic heterocycles. The summed E-state index contributed by atoms with van der Waals surface area (Å²) in [5.74, 6) is 2.40. The van der Waals surface area contributed by atoms with Crippen LogP contribution in [-0.4, -0.2) is 36.5 Å². The van der Waals surface area contributed by atoms with E-state index in [-0.39, 0.29) is 11.9 Å².